The van der Waals surface area contributed by atoms with Gasteiger partial charge in [-0.15, -0.1) is 0 Å². The molecule has 4 N–H and O–H groups in total. The highest BCUT2D eigenvalue weighted by Gasteiger charge is 2.39. The number of hydrogen-bond acceptors (Lipinski definition) is 6. The first-order chi connectivity index (χ1) is 12.4. The van der Waals surface area contributed by atoms with Crippen molar-refractivity contribution in [1.29, 1.82) is 10.8 Å². The summed E-state index contributed by atoms with van der Waals surface area (Å²) in [4.78, 5) is 24.6. The first kappa shape index (κ1) is 20.7. The molecular formula is C19H28N4O4. The average Bonchev–Trinajstić information content (AvgIpc) is 2.86. The number of hydrogen-bond donors (Lipinski definition) is 4. The largest absolute Gasteiger partial charge is 0.467 e. The quantitative estimate of drug-likeness (QED) is 0.528. The van der Waals surface area contributed by atoms with Crippen LogP contribution in [0.4, 0.5) is 0 Å². The SMILES string of the molecule is CC1=C(C(=O)NCCCNC(=O)C2=C(C)C(C)(C)OC2=N)C(=N)OC1(C)C. The summed E-state index contributed by atoms with van der Waals surface area (Å²) in [6, 6.07) is 0. The Kier molecular flexibility index (Phi) is 5.49. The van der Waals surface area contributed by atoms with Crippen molar-refractivity contribution in [2.24, 2.45) is 0 Å². The van der Waals surface area contributed by atoms with Gasteiger partial charge in [-0.25, -0.2) is 0 Å². The van der Waals surface area contributed by atoms with Crippen LogP contribution in [0.2, 0.25) is 0 Å². The van der Waals surface area contributed by atoms with Crippen LogP contribution in [0.5, 0.6) is 0 Å². The van der Waals surface area contributed by atoms with Crippen molar-refractivity contribution >= 4 is 23.6 Å². The summed E-state index contributed by atoms with van der Waals surface area (Å²) >= 11 is 0. The summed E-state index contributed by atoms with van der Waals surface area (Å²) < 4.78 is 10.8. The number of amides is 2. The summed E-state index contributed by atoms with van der Waals surface area (Å²) in [6.07, 6.45) is 0.519. The molecule has 0 spiro atoms. The van der Waals surface area contributed by atoms with E-state index in [9.17, 15) is 9.59 Å². The molecule has 2 amide bonds. The Labute approximate surface area is 159 Å². The van der Waals surface area contributed by atoms with Gasteiger partial charge in [-0.2, -0.15) is 0 Å². The molecule has 0 saturated heterocycles. The second-order valence-electron chi connectivity index (χ2n) is 7.75. The van der Waals surface area contributed by atoms with Gasteiger partial charge >= 0.3 is 0 Å². The van der Waals surface area contributed by atoms with Gasteiger partial charge in [-0.1, -0.05) is 0 Å². The van der Waals surface area contributed by atoms with Gasteiger partial charge < -0.3 is 20.1 Å². The maximum absolute atomic E-state index is 12.3. The third-order valence-electron chi connectivity index (χ3n) is 5.10. The fraction of sp³-hybridized carbons (Fsp3) is 0.579. The molecule has 0 aromatic carbocycles. The van der Waals surface area contributed by atoms with Crippen LogP contribution in [0.15, 0.2) is 22.3 Å². The minimum atomic E-state index is -0.648. The van der Waals surface area contributed by atoms with Crippen LogP contribution < -0.4 is 10.6 Å². The van der Waals surface area contributed by atoms with Crippen molar-refractivity contribution in [2.45, 2.75) is 59.2 Å². The summed E-state index contributed by atoms with van der Waals surface area (Å²) in [5.41, 5.74) is 0.689. The molecule has 0 unspecified atom stereocenters. The van der Waals surface area contributed by atoms with E-state index in [1.165, 1.54) is 0 Å². The fourth-order valence-electron chi connectivity index (χ4n) is 2.92. The Morgan fingerprint density at radius 2 is 1.15 bits per heavy atom. The van der Waals surface area contributed by atoms with Crippen LogP contribution in [0.1, 0.15) is 48.0 Å². The smallest absolute Gasteiger partial charge is 0.256 e. The van der Waals surface area contributed by atoms with Crippen molar-refractivity contribution in [3.05, 3.63) is 22.3 Å². The zero-order valence-electron chi connectivity index (χ0n) is 16.8. The second-order valence-corrected chi connectivity index (χ2v) is 7.75. The normalized spacial score (nSPS) is 20.5. The van der Waals surface area contributed by atoms with Crippen LogP contribution in [0, 0.1) is 10.8 Å². The van der Waals surface area contributed by atoms with E-state index in [0.29, 0.717) is 19.5 Å². The van der Waals surface area contributed by atoms with Gasteiger partial charge in [0.1, 0.15) is 22.3 Å². The predicted molar refractivity (Wildman–Crippen MR) is 102 cm³/mol. The summed E-state index contributed by atoms with van der Waals surface area (Å²) in [5.74, 6) is -0.928. The van der Waals surface area contributed by atoms with Crippen LogP contribution in [-0.4, -0.2) is 47.9 Å². The van der Waals surface area contributed by atoms with Crippen LogP contribution in [0.25, 0.3) is 0 Å². The fourth-order valence-corrected chi connectivity index (χ4v) is 2.92. The number of rotatable bonds is 6. The monoisotopic (exact) mass is 376 g/mol. The zero-order chi connectivity index (χ0) is 20.6. The van der Waals surface area contributed by atoms with Crippen LogP contribution in [-0.2, 0) is 19.1 Å². The van der Waals surface area contributed by atoms with Gasteiger partial charge in [-0.05, 0) is 59.1 Å². The van der Waals surface area contributed by atoms with E-state index in [1.54, 1.807) is 13.8 Å². The molecule has 2 aliphatic heterocycles. The molecule has 8 heteroatoms. The summed E-state index contributed by atoms with van der Waals surface area (Å²) in [5, 5.41) is 21.1. The minimum absolute atomic E-state index is 0.118. The highest BCUT2D eigenvalue weighted by atomic mass is 16.5. The third kappa shape index (κ3) is 4.04. The predicted octanol–water partition coefficient (Wildman–Crippen LogP) is 1.81. The molecule has 0 radical (unpaired) electrons. The second kappa shape index (κ2) is 7.17. The van der Waals surface area contributed by atoms with E-state index in [-0.39, 0.29) is 34.8 Å². The van der Waals surface area contributed by atoms with Gasteiger partial charge in [0.2, 0.25) is 11.8 Å². The molecule has 27 heavy (non-hydrogen) atoms. The molecule has 0 bridgehead atoms. The molecule has 0 aromatic rings. The Morgan fingerprint density at radius 3 is 1.41 bits per heavy atom. The molecule has 0 aliphatic carbocycles. The molecule has 0 aromatic heterocycles. The summed E-state index contributed by atoms with van der Waals surface area (Å²) in [7, 11) is 0. The van der Waals surface area contributed by atoms with Gasteiger partial charge in [0.25, 0.3) is 11.8 Å². The molecular weight excluding hydrogens is 348 g/mol. The zero-order valence-corrected chi connectivity index (χ0v) is 16.8. The molecule has 0 atom stereocenters. The molecule has 2 aliphatic rings. The highest BCUT2D eigenvalue weighted by molar-refractivity contribution is 6.20. The Balaban J connectivity index is 1.82. The lowest BCUT2D eigenvalue weighted by Gasteiger charge is -2.18. The lowest BCUT2D eigenvalue weighted by Crippen LogP contribution is -2.33. The maximum atomic E-state index is 12.3. The van der Waals surface area contributed by atoms with E-state index in [1.807, 2.05) is 27.7 Å². The van der Waals surface area contributed by atoms with Crippen molar-refractivity contribution in [2.75, 3.05) is 13.1 Å². The number of nitrogens with one attached hydrogen (secondary N) is 4. The van der Waals surface area contributed by atoms with Crippen molar-refractivity contribution in [1.82, 2.24) is 10.6 Å². The van der Waals surface area contributed by atoms with E-state index < -0.39 is 11.2 Å². The standard InChI is InChI=1S/C19H28N4O4/c1-10-12(14(20)26-18(10,3)4)16(24)22-8-7-9-23-17(25)13-11(2)19(5,6)27-15(13)21/h20-21H,7-9H2,1-6H3,(H,22,24)(H,23,25). The Morgan fingerprint density at radius 1 is 0.815 bits per heavy atom. The van der Waals surface area contributed by atoms with Crippen LogP contribution >= 0.6 is 0 Å². The number of carbonyl (C=O) groups excluding carboxylic acids is 2. The summed E-state index contributed by atoms with van der Waals surface area (Å²) in [6.45, 7) is 11.5. The highest BCUT2D eigenvalue weighted by Crippen LogP contribution is 2.32. The maximum Gasteiger partial charge on any atom is 0.256 e. The number of carbonyl (C=O) groups is 2. The third-order valence-corrected chi connectivity index (χ3v) is 5.10. The van der Waals surface area contributed by atoms with Crippen molar-refractivity contribution in [3.63, 3.8) is 0 Å². The van der Waals surface area contributed by atoms with Gasteiger partial charge in [-0.3, -0.25) is 20.4 Å². The van der Waals surface area contributed by atoms with Gasteiger partial charge in [0.15, 0.2) is 0 Å². The Bertz CT molecular complexity index is 711. The molecule has 0 fully saturated rings. The lowest BCUT2D eigenvalue weighted by atomic mass is 9.97. The van der Waals surface area contributed by atoms with Crippen molar-refractivity contribution < 1.29 is 19.1 Å². The average molecular weight is 376 g/mol. The first-order valence-electron chi connectivity index (χ1n) is 8.93. The van der Waals surface area contributed by atoms with Gasteiger partial charge in [0.05, 0.1) is 0 Å². The topological polar surface area (TPSA) is 124 Å². The van der Waals surface area contributed by atoms with Crippen molar-refractivity contribution in [3.8, 4) is 0 Å². The van der Waals surface area contributed by atoms with E-state index in [4.69, 9.17) is 20.3 Å². The lowest BCUT2D eigenvalue weighted by molar-refractivity contribution is -0.117. The van der Waals surface area contributed by atoms with Crippen LogP contribution in [0.3, 0.4) is 0 Å². The van der Waals surface area contributed by atoms with E-state index >= 15 is 0 Å². The molecule has 8 nitrogen and oxygen atoms in total. The van der Waals surface area contributed by atoms with E-state index in [0.717, 1.165) is 11.1 Å². The minimum Gasteiger partial charge on any atom is -0.467 e. The van der Waals surface area contributed by atoms with E-state index in [2.05, 4.69) is 10.6 Å². The first-order valence-corrected chi connectivity index (χ1v) is 8.93. The molecule has 0 saturated carbocycles. The van der Waals surface area contributed by atoms with Gasteiger partial charge in [0, 0.05) is 13.1 Å². The molecule has 148 valence electrons. The molecule has 2 heterocycles. The molecule has 2 rings (SSSR count). The number of ether oxygens (including phenoxy) is 2. The Hall–Kier alpha value is -2.64.